The Labute approximate surface area is 199 Å². The van der Waals surface area contributed by atoms with Crippen LogP contribution in [0, 0.1) is 0 Å². The molecule has 1 aromatic rings. The van der Waals surface area contributed by atoms with E-state index in [4.69, 9.17) is 4.74 Å². The molecule has 0 radical (unpaired) electrons. The van der Waals surface area contributed by atoms with Gasteiger partial charge in [0.1, 0.15) is 5.75 Å². The average molecular weight is 576 g/mol. The van der Waals surface area contributed by atoms with Gasteiger partial charge in [-0.05, 0) is 12.5 Å². The summed E-state index contributed by atoms with van der Waals surface area (Å²) in [5.74, 6) is -47.1. The van der Waals surface area contributed by atoms with Crippen LogP contribution in [0.5, 0.6) is 5.75 Å². The van der Waals surface area contributed by atoms with Crippen LogP contribution < -0.4 is 4.74 Å². The lowest BCUT2D eigenvalue weighted by Crippen LogP contribution is -2.72. The van der Waals surface area contributed by atoms with Crippen molar-refractivity contribution in [1.29, 1.82) is 0 Å². The zero-order valence-corrected chi connectivity index (χ0v) is 18.7. The number of rotatable bonds is 13. The van der Waals surface area contributed by atoms with Crippen LogP contribution in [0.3, 0.4) is 0 Å². The summed E-state index contributed by atoms with van der Waals surface area (Å²) in [6, 6.07) is 4.42. The van der Waals surface area contributed by atoms with Gasteiger partial charge in [0.05, 0.1) is 12.7 Å². The molecular weight excluding hydrogens is 557 g/mol. The summed E-state index contributed by atoms with van der Waals surface area (Å²) in [5.41, 5.74) is -0.499. The van der Waals surface area contributed by atoms with Crippen molar-refractivity contribution in [1.82, 2.24) is 0 Å². The number of ether oxygens (including phenoxy) is 2. The fourth-order valence-corrected chi connectivity index (χ4v) is 2.88. The van der Waals surface area contributed by atoms with E-state index in [1.54, 1.807) is 6.92 Å². The Balaban J connectivity index is 3.48. The van der Waals surface area contributed by atoms with Gasteiger partial charge in [0.15, 0.2) is 0 Å². The van der Waals surface area contributed by atoms with Crippen molar-refractivity contribution in [3.63, 3.8) is 0 Å². The molecule has 0 aliphatic heterocycles. The molecule has 0 fully saturated rings. The number of halogens is 15. The number of methoxy groups -OCH3 is 1. The molecule has 0 saturated carbocycles. The molecule has 0 bridgehead atoms. The molecule has 0 amide bonds. The molecule has 0 saturated heterocycles. The first kappa shape index (κ1) is 33.0. The van der Waals surface area contributed by atoms with Gasteiger partial charge in [-0.1, -0.05) is 31.5 Å². The third-order valence-electron chi connectivity index (χ3n) is 5.14. The first-order valence-electron chi connectivity index (χ1n) is 10.1. The molecule has 0 N–H and O–H groups in total. The molecule has 1 atom stereocenters. The molecular formula is C20H19F15O2. The number of hydrogen-bond acceptors (Lipinski definition) is 2. The first-order valence-corrected chi connectivity index (χ1v) is 10.1. The van der Waals surface area contributed by atoms with Crippen LogP contribution in [0.15, 0.2) is 24.3 Å². The van der Waals surface area contributed by atoms with E-state index in [9.17, 15) is 65.9 Å². The summed E-state index contributed by atoms with van der Waals surface area (Å²) < 4.78 is 211. The maximum absolute atomic E-state index is 14.4. The van der Waals surface area contributed by atoms with Crippen molar-refractivity contribution in [2.45, 2.75) is 74.0 Å². The predicted octanol–water partition coefficient (Wildman–Crippen LogP) is 8.32. The monoisotopic (exact) mass is 576 g/mol. The van der Waals surface area contributed by atoms with Crippen LogP contribution in [0.2, 0.25) is 0 Å². The van der Waals surface area contributed by atoms with Gasteiger partial charge in [-0.3, -0.25) is 0 Å². The zero-order valence-electron chi connectivity index (χ0n) is 18.7. The van der Waals surface area contributed by atoms with Crippen LogP contribution in [0.1, 0.15) is 37.9 Å². The van der Waals surface area contributed by atoms with Crippen molar-refractivity contribution in [2.24, 2.45) is 0 Å². The largest absolute Gasteiger partial charge is 0.493 e. The van der Waals surface area contributed by atoms with Crippen LogP contribution in [-0.2, 0) is 4.74 Å². The molecule has 1 rings (SSSR count). The van der Waals surface area contributed by atoms with E-state index in [-0.39, 0.29) is 12.4 Å². The number of alkyl halides is 15. The Hall–Kier alpha value is -2.07. The summed E-state index contributed by atoms with van der Waals surface area (Å²) in [6.07, 6.45) is -11.6. The van der Waals surface area contributed by atoms with Crippen molar-refractivity contribution < 1.29 is 75.3 Å². The summed E-state index contributed by atoms with van der Waals surface area (Å²) in [5, 5.41) is 0. The van der Waals surface area contributed by atoms with Crippen LogP contribution >= 0.6 is 0 Å². The molecule has 1 unspecified atom stereocenters. The van der Waals surface area contributed by atoms with E-state index in [0.29, 0.717) is 20.0 Å². The number of unbranched alkanes of at least 4 members (excludes halogenated alkanes) is 1. The van der Waals surface area contributed by atoms with Crippen molar-refractivity contribution in [2.75, 3.05) is 13.7 Å². The predicted molar refractivity (Wildman–Crippen MR) is 96.9 cm³/mol. The molecule has 0 heterocycles. The lowest BCUT2D eigenvalue weighted by molar-refractivity contribution is -0.453. The van der Waals surface area contributed by atoms with Gasteiger partial charge in [0.25, 0.3) is 0 Å². The maximum Gasteiger partial charge on any atom is 0.460 e. The molecule has 0 aromatic heterocycles. The number of benzene rings is 1. The smallest absolute Gasteiger partial charge is 0.460 e. The van der Waals surface area contributed by atoms with Crippen LogP contribution in [0.4, 0.5) is 65.9 Å². The third kappa shape index (κ3) is 5.55. The lowest BCUT2D eigenvalue weighted by atomic mass is 9.88. The molecule has 37 heavy (non-hydrogen) atoms. The SMILES string of the molecule is CCCCOc1ccccc1C(CC(F)(F)C(F)(F)C(F)(F)C(F)(F)C(F)(F)C(F)(F)C(F)(F)F)OC. The Kier molecular flexibility index (Phi) is 9.44. The summed E-state index contributed by atoms with van der Waals surface area (Å²) in [7, 11) is 0.590. The summed E-state index contributed by atoms with van der Waals surface area (Å²) in [6.45, 7) is 1.67. The van der Waals surface area contributed by atoms with Gasteiger partial charge in [-0.25, -0.2) is 0 Å². The Bertz CT molecular complexity index is 896. The van der Waals surface area contributed by atoms with Crippen molar-refractivity contribution >= 4 is 0 Å². The summed E-state index contributed by atoms with van der Waals surface area (Å²) in [4.78, 5) is 0. The maximum atomic E-state index is 14.4. The second kappa shape index (κ2) is 10.6. The van der Waals surface area contributed by atoms with Gasteiger partial charge in [0.2, 0.25) is 0 Å². The second-order valence-electron chi connectivity index (χ2n) is 7.74. The third-order valence-corrected chi connectivity index (χ3v) is 5.14. The van der Waals surface area contributed by atoms with Crippen molar-refractivity contribution in [3.05, 3.63) is 29.8 Å². The molecule has 216 valence electrons. The molecule has 17 heteroatoms. The number of hydrogen-bond donors (Lipinski definition) is 0. The molecule has 0 spiro atoms. The van der Waals surface area contributed by atoms with Crippen molar-refractivity contribution in [3.8, 4) is 5.75 Å². The second-order valence-corrected chi connectivity index (χ2v) is 7.74. The fraction of sp³-hybridized carbons (Fsp3) is 0.700. The zero-order chi connectivity index (χ0) is 29.3. The highest BCUT2D eigenvalue weighted by Crippen LogP contribution is 2.63. The minimum absolute atomic E-state index is 0.0523. The molecule has 0 aliphatic carbocycles. The lowest BCUT2D eigenvalue weighted by Gasteiger charge is -2.42. The van der Waals surface area contributed by atoms with E-state index in [1.807, 2.05) is 0 Å². The van der Waals surface area contributed by atoms with Gasteiger partial charge >= 0.3 is 41.7 Å². The van der Waals surface area contributed by atoms with Gasteiger partial charge in [0, 0.05) is 19.1 Å². The van der Waals surface area contributed by atoms with Gasteiger partial charge in [-0.2, -0.15) is 65.9 Å². The topological polar surface area (TPSA) is 18.5 Å². The number of para-hydroxylation sites is 1. The fourth-order valence-electron chi connectivity index (χ4n) is 2.88. The van der Waals surface area contributed by atoms with Crippen LogP contribution in [0.25, 0.3) is 0 Å². The molecule has 1 aromatic carbocycles. The Morgan fingerprint density at radius 3 is 1.59 bits per heavy atom. The highest BCUT2D eigenvalue weighted by atomic mass is 19.4. The minimum atomic E-state index is -8.32. The highest BCUT2D eigenvalue weighted by molar-refractivity contribution is 5.35. The minimum Gasteiger partial charge on any atom is -0.493 e. The standard InChI is InChI=1S/C20H19F15O2/c1-3-4-9-37-12-8-6-5-7-11(12)13(36-2)10-14(21,22)15(23,24)16(25,26)17(27,28)18(29,30)19(31,32)20(33,34)35/h5-8,13H,3-4,9-10H2,1-2H3. The van der Waals surface area contributed by atoms with E-state index in [1.165, 1.54) is 6.07 Å². The average Bonchev–Trinajstić information content (AvgIpc) is 2.76. The molecule has 2 nitrogen and oxygen atoms in total. The Morgan fingerprint density at radius 1 is 0.676 bits per heavy atom. The normalized spacial score (nSPS) is 15.6. The van der Waals surface area contributed by atoms with E-state index in [0.717, 1.165) is 18.2 Å². The quantitative estimate of drug-likeness (QED) is 0.174. The van der Waals surface area contributed by atoms with Gasteiger partial charge in [-0.15, -0.1) is 0 Å². The Morgan fingerprint density at radius 2 is 1.14 bits per heavy atom. The van der Waals surface area contributed by atoms with E-state index < -0.39 is 59.8 Å². The van der Waals surface area contributed by atoms with Gasteiger partial charge < -0.3 is 9.47 Å². The van der Waals surface area contributed by atoms with E-state index in [2.05, 4.69) is 4.74 Å². The first-order chi connectivity index (χ1) is 16.5. The highest BCUT2D eigenvalue weighted by Gasteiger charge is 2.93. The molecule has 0 aliphatic rings. The van der Waals surface area contributed by atoms with Crippen LogP contribution in [-0.4, -0.2) is 55.4 Å². The summed E-state index contributed by atoms with van der Waals surface area (Å²) >= 11 is 0. The van der Waals surface area contributed by atoms with E-state index >= 15 is 0 Å².